The normalized spacial score (nSPS) is 10.5. The Bertz CT molecular complexity index is 312. The van der Waals surface area contributed by atoms with Crippen LogP contribution in [0.4, 0.5) is 0 Å². The monoisotopic (exact) mass is 209 g/mol. The molecule has 0 atom stereocenters. The van der Waals surface area contributed by atoms with E-state index in [-0.39, 0.29) is 0 Å². The predicted octanol–water partition coefficient (Wildman–Crippen LogP) is 2.29. The van der Waals surface area contributed by atoms with Crippen molar-refractivity contribution >= 4 is 6.21 Å². The van der Waals surface area contributed by atoms with Crippen LogP contribution in [-0.2, 0) is 0 Å². The van der Waals surface area contributed by atoms with Gasteiger partial charge >= 0.3 is 0 Å². The van der Waals surface area contributed by atoms with Gasteiger partial charge in [0, 0.05) is 0 Å². The van der Waals surface area contributed by atoms with E-state index in [0.29, 0.717) is 30.3 Å². The number of benzene rings is 1. The van der Waals surface area contributed by atoms with Crippen molar-refractivity contribution in [1.82, 2.24) is 0 Å². The Morgan fingerprint density at radius 3 is 2.13 bits per heavy atom. The average Bonchev–Trinajstić information content (AvgIpc) is 2.23. The van der Waals surface area contributed by atoms with Crippen molar-refractivity contribution in [2.24, 2.45) is 5.16 Å². The Morgan fingerprint density at radius 2 is 1.73 bits per heavy atom. The molecule has 0 fully saturated rings. The van der Waals surface area contributed by atoms with Crippen molar-refractivity contribution in [1.29, 1.82) is 0 Å². The van der Waals surface area contributed by atoms with Crippen molar-refractivity contribution < 1.29 is 14.7 Å². The second-order valence-corrected chi connectivity index (χ2v) is 2.78. The Hall–Kier alpha value is -1.71. The lowest BCUT2D eigenvalue weighted by Gasteiger charge is -2.11. The molecule has 0 aliphatic rings. The van der Waals surface area contributed by atoms with E-state index in [4.69, 9.17) is 14.7 Å². The molecule has 0 radical (unpaired) electrons. The SMILES string of the molecule is CCOc1cccc(OCC)c1/C=N/O. The first kappa shape index (κ1) is 11.4. The van der Waals surface area contributed by atoms with Crippen molar-refractivity contribution in [2.75, 3.05) is 13.2 Å². The molecule has 0 amide bonds. The molecule has 15 heavy (non-hydrogen) atoms. The lowest BCUT2D eigenvalue weighted by Crippen LogP contribution is -2.01. The van der Waals surface area contributed by atoms with Gasteiger partial charge in [-0.3, -0.25) is 0 Å². The molecule has 1 rings (SSSR count). The summed E-state index contributed by atoms with van der Waals surface area (Å²) < 4.78 is 10.8. The zero-order chi connectivity index (χ0) is 11.1. The van der Waals surface area contributed by atoms with Crippen LogP contribution in [-0.4, -0.2) is 24.6 Å². The van der Waals surface area contributed by atoms with E-state index in [1.807, 2.05) is 32.0 Å². The zero-order valence-electron chi connectivity index (χ0n) is 8.93. The molecular formula is C11H15NO3. The van der Waals surface area contributed by atoms with E-state index in [9.17, 15) is 0 Å². The fourth-order valence-electron chi connectivity index (χ4n) is 1.27. The van der Waals surface area contributed by atoms with Crippen molar-refractivity contribution in [2.45, 2.75) is 13.8 Å². The molecule has 0 saturated heterocycles. The summed E-state index contributed by atoms with van der Waals surface area (Å²) in [4.78, 5) is 0. The van der Waals surface area contributed by atoms with Crippen molar-refractivity contribution in [3.63, 3.8) is 0 Å². The number of rotatable bonds is 5. The summed E-state index contributed by atoms with van der Waals surface area (Å²) in [5.74, 6) is 1.31. The molecule has 4 heteroatoms. The molecule has 82 valence electrons. The number of hydrogen-bond acceptors (Lipinski definition) is 4. The van der Waals surface area contributed by atoms with Crippen LogP contribution in [0.25, 0.3) is 0 Å². The third-order valence-electron chi connectivity index (χ3n) is 1.81. The fraction of sp³-hybridized carbons (Fsp3) is 0.364. The number of hydrogen-bond donors (Lipinski definition) is 1. The molecule has 0 aromatic heterocycles. The van der Waals surface area contributed by atoms with Gasteiger partial charge in [0.25, 0.3) is 0 Å². The molecule has 1 aromatic rings. The maximum absolute atomic E-state index is 8.56. The molecule has 0 spiro atoms. The van der Waals surface area contributed by atoms with Gasteiger partial charge in [0.2, 0.25) is 0 Å². The molecule has 0 bridgehead atoms. The van der Waals surface area contributed by atoms with Gasteiger partial charge in [0.1, 0.15) is 11.5 Å². The topological polar surface area (TPSA) is 51.0 Å². The number of oxime groups is 1. The highest BCUT2D eigenvalue weighted by Gasteiger charge is 2.08. The summed E-state index contributed by atoms with van der Waals surface area (Å²) in [6.45, 7) is 4.91. The summed E-state index contributed by atoms with van der Waals surface area (Å²) >= 11 is 0. The lowest BCUT2D eigenvalue weighted by atomic mass is 10.2. The van der Waals surface area contributed by atoms with Gasteiger partial charge in [0.15, 0.2) is 0 Å². The van der Waals surface area contributed by atoms with E-state index >= 15 is 0 Å². The van der Waals surface area contributed by atoms with Crippen LogP contribution in [0.1, 0.15) is 19.4 Å². The molecule has 4 nitrogen and oxygen atoms in total. The average molecular weight is 209 g/mol. The van der Waals surface area contributed by atoms with E-state index in [1.54, 1.807) is 0 Å². The predicted molar refractivity (Wildman–Crippen MR) is 58.2 cm³/mol. The highest BCUT2D eigenvalue weighted by Crippen LogP contribution is 2.26. The summed E-state index contributed by atoms with van der Waals surface area (Å²) in [6.07, 6.45) is 1.32. The van der Waals surface area contributed by atoms with Gasteiger partial charge in [-0.1, -0.05) is 11.2 Å². The maximum Gasteiger partial charge on any atom is 0.131 e. The van der Waals surface area contributed by atoms with Crippen molar-refractivity contribution in [3.8, 4) is 11.5 Å². The largest absolute Gasteiger partial charge is 0.493 e. The minimum absolute atomic E-state index is 0.557. The summed E-state index contributed by atoms with van der Waals surface area (Å²) in [6, 6.07) is 5.46. The molecule has 0 aliphatic heterocycles. The lowest BCUT2D eigenvalue weighted by molar-refractivity contribution is 0.314. The van der Waals surface area contributed by atoms with Crippen LogP contribution >= 0.6 is 0 Å². The van der Waals surface area contributed by atoms with E-state index in [1.165, 1.54) is 6.21 Å². The Labute approximate surface area is 89.1 Å². The standard InChI is InChI=1S/C11H15NO3/c1-3-14-10-6-5-7-11(15-4-2)9(10)8-12-13/h5-8,13H,3-4H2,1-2H3/b12-8+. The molecule has 0 aliphatic carbocycles. The number of nitrogens with zero attached hydrogens (tertiary/aromatic N) is 1. The quantitative estimate of drug-likeness (QED) is 0.460. The van der Waals surface area contributed by atoms with Gasteiger partial charge < -0.3 is 14.7 Å². The first-order valence-corrected chi connectivity index (χ1v) is 4.89. The molecule has 1 N–H and O–H groups in total. The Morgan fingerprint density at radius 1 is 1.20 bits per heavy atom. The van der Waals surface area contributed by atoms with Crippen LogP contribution < -0.4 is 9.47 Å². The fourth-order valence-corrected chi connectivity index (χ4v) is 1.27. The van der Waals surface area contributed by atoms with Gasteiger partial charge in [-0.05, 0) is 26.0 Å². The second-order valence-electron chi connectivity index (χ2n) is 2.78. The first-order valence-electron chi connectivity index (χ1n) is 4.89. The third kappa shape index (κ3) is 2.87. The van der Waals surface area contributed by atoms with E-state index in [0.717, 1.165) is 0 Å². The minimum Gasteiger partial charge on any atom is -0.493 e. The van der Waals surface area contributed by atoms with Crippen LogP contribution in [0, 0.1) is 0 Å². The van der Waals surface area contributed by atoms with Gasteiger partial charge in [-0.25, -0.2) is 0 Å². The smallest absolute Gasteiger partial charge is 0.131 e. The number of ether oxygens (including phenoxy) is 2. The van der Waals surface area contributed by atoms with Crippen molar-refractivity contribution in [3.05, 3.63) is 23.8 Å². The molecular weight excluding hydrogens is 194 g/mol. The summed E-state index contributed by atoms with van der Waals surface area (Å²) in [7, 11) is 0. The second kappa shape index (κ2) is 5.90. The molecule has 0 heterocycles. The van der Waals surface area contributed by atoms with Crippen LogP contribution in [0.15, 0.2) is 23.4 Å². The van der Waals surface area contributed by atoms with Crippen LogP contribution in [0.5, 0.6) is 11.5 Å². The highest BCUT2D eigenvalue weighted by molar-refractivity contribution is 5.87. The molecule has 0 saturated carbocycles. The van der Waals surface area contributed by atoms with E-state index < -0.39 is 0 Å². The summed E-state index contributed by atoms with van der Waals surface area (Å²) in [5.41, 5.74) is 0.656. The van der Waals surface area contributed by atoms with Gasteiger partial charge in [0.05, 0.1) is 25.0 Å². The first-order chi connectivity index (χ1) is 7.33. The Balaban J connectivity index is 3.09. The van der Waals surface area contributed by atoms with E-state index in [2.05, 4.69) is 5.16 Å². The third-order valence-corrected chi connectivity index (χ3v) is 1.81. The highest BCUT2D eigenvalue weighted by atomic mass is 16.5. The Kier molecular flexibility index (Phi) is 4.47. The van der Waals surface area contributed by atoms with Crippen LogP contribution in [0.3, 0.4) is 0 Å². The zero-order valence-corrected chi connectivity index (χ0v) is 8.93. The summed E-state index contributed by atoms with van der Waals surface area (Å²) in [5, 5.41) is 11.6. The van der Waals surface area contributed by atoms with Crippen LogP contribution in [0.2, 0.25) is 0 Å². The molecule has 0 unspecified atom stereocenters. The molecule has 1 aromatic carbocycles. The maximum atomic E-state index is 8.56. The van der Waals surface area contributed by atoms with Gasteiger partial charge in [-0.2, -0.15) is 0 Å². The minimum atomic E-state index is 0.557. The van der Waals surface area contributed by atoms with Gasteiger partial charge in [-0.15, -0.1) is 0 Å².